The van der Waals surface area contributed by atoms with E-state index in [9.17, 15) is 4.79 Å². The van der Waals surface area contributed by atoms with Crippen LogP contribution in [0.2, 0.25) is 0 Å². The average Bonchev–Trinajstić information content (AvgIpc) is 2.96. The Morgan fingerprint density at radius 3 is 3.05 bits per heavy atom. The maximum Gasteiger partial charge on any atom is 0.255 e. The van der Waals surface area contributed by atoms with Gasteiger partial charge >= 0.3 is 0 Å². The molecule has 6 nitrogen and oxygen atoms in total. The van der Waals surface area contributed by atoms with Gasteiger partial charge in [0, 0.05) is 37.2 Å². The first-order valence-corrected chi connectivity index (χ1v) is 6.25. The lowest BCUT2D eigenvalue weighted by atomic mass is 10.2. The Balaban J connectivity index is 2.01. The van der Waals surface area contributed by atoms with Crippen molar-refractivity contribution in [2.75, 3.05) is 11.9 Å². The highest BCUT2D eigenvalue weighted by Crippen LogP contribution is 2.13. The van der Waals surface area contributed by atoms with Gasteiger partial charge in [-0.05, 0) is 12.5 Å². The van der Waals surface area contributed by atoms with E-state index in [1.807, 2.05) is 6.07 Å². The molecule has 2 aromatic heterocycles. The van der Waals surface area contributed by atoms with Crippen LogP contribution in [-0.2, 0) is 6.54 Å². The Bertz CT molecular complexity index is 524. The quantitative estimate of drug-likeness (QED) is 0.735. The van der Waals surface area contributed by atoms with Gasteiger partial charge in [0.05, 0.1) is 17.4 Å². The summed E-state index contributed by atoms with van der Waals surface area (Å²) in [6.07, 6.45) is 7.67. The third-order valence-corrected chi connectivity index (χ3v) is 2.64. The Morgan fingerprint density at radius 1 is 1.42 bits per heavy atom. The van der Waals surface area contributed by atoms with Gasteiger partial charge in [0.1, 0.15) is 0 Å². The molecule has 0 radical (unpaired) electrons. The highest BCUT2D eigenvalue weighted by Gasteiger charge is 2.10. The summed E-state index contributed by atoms with van der Waals surface area (Å²) in [5.74, 6) is -0.145. The van der Waals surface area contributed by atoms with Crippen molar-refractivity contribution in [2.45, 2.75) is 19.9 Å². The van der Waals surface area contributed by atoms with Gasteiger partial charge < -0.3 is 10.6 Å². The third-order valence-electron chi connectivity index (χ3n) is 2.64. The molecule has 100 valence electrons. The number of nitrogens with zero attached hydrogens (tertiary/aromatic N) is 2. The molecule has 2 heterocycles. The number of pyridine rings is 1. The van der Waals surface area contributed by atoms with Crippen molar-refractivity contribution in [1.29, 1.82) is 0 Å². The van der Waals surface area contributed by atoms with Crippen molar-refractivity contribution in [3.05, 3.63) is 42.0 Å². The predicted octanol–water partition coefficient (Wildman–Crippen LogP) is 1.56. The van der Waals surface area contributed by atoms with Gasteiger partial charge in [0.15, 0.2) is 0 Å². The summed E-state index contributed by atoms with van der Waals surface area (Å²) < 4.78 is 0. The minimum Gasteiger partial charge on any atom is -0.384 e. The lowest BCUT2D eigenvalue weighted by Crippen LogP contribution is -2.24. The van der Waals surface area contributed by atoms with Gasteiger partial charge in [-0.15, -0.1) is 0 Å². The molecule has 0 unspecified atom stereocenters. The molecule has 0 saturated carbocycles. The van der Waals surface area contributed by atoms with Gasteiger partial charge in [-0.3, -0.25) is 14.9 Å². The monoisotopic (exact) mass is 259 g/mol. The van der Waals surface area contributed by atoms with Crippen molar-refractivity contribution >= 4 is 11.6 Å². The fourth-order valence-corrected chi connectivity index (χ4v) is 1.64. The van der Waals surface area contributed by atoms with E-state index in [1.54, 1.807) is 24.8 Å². The lowest BCUT2D eigenvalue weighted by Gasteiger charge is -2.10. The number of H-pyrrole nitrogens is 1. The van der Waals surface area contributed by atoms with E-state index in [-0.39, 0.29) is 5.91 Å². The molecule has 0 aliphatic heterocycles. The van der Waals surface area contributed by atoms with Crippen LogP contribution in [-0.4, -0.2) is 27.6 Å². The molecule has 0 fully saturated rings. The van der Waals surface area contributed by atoms with E-state index < -0.39 is 0 Å². The molecule has 0 spiro atoms. The number of carbonyl (C=O) groups is 1. The zero-order valence-electron chi connectivity index (χ0n) is 10.8. The molecule has 6 heteroatoms. The van der Waals surface area contributed by atoms with Crippen molar-refractivity contribution in [3.8, 4) is 0 Å². The van der Waals surface area contributed by atoms with E-state index >= 15 is 0 Å². The third kappa shape index (κ3) is 3.54. The normalized spacial score (nSPS) is 10.2. The second-order valence-electron chi connectivity index (χ2n) is 4.14. The molecule has 2 rings (SSSR count). The predicted molar refractivity (Wildman–Crippen MR) is 72.8 cm³/mol. The number of anilines is 1. The molecular formula is C13H17N5O. The first-order chi connectivity index (χ1) is 9.31. The van der Waals surface area contributed by atoms with Crippen molar-refractivity contribution in [2.24, 2.45) is 0 Å². The zero-order chi connectivity index (χ0) is 13.5. The van der Waals surface area contributed by atoms with E-state index in [4.69, 9.17) is 0 Å². The first kappa shape index (κ1) is 13.1. The van der Waals surface area contributed by atoms with E-state index in [2.05, 4.69) is 32.7 Å². The highest BCUT2D eigenvalue weighted by atomic mass is 16.1. The van der Waals surface area contributed by atoms with E-state index in [1.165, 1.54) is 0 Å². The number of amides is 1. The van der Waals surface area contributed by atoms with E-state index in [0.717, 1.165) is 24.2 Å². The van der Waals surface area contributed by atoms with Crippen LogP contribution in [0.4, 0.5) is 5.69 Å². The van der Waals surface area contributed by atoms with Crippen LogP contribution in [0, 0.1) is 0 Å². The van der Waals surface area contributed by atoms with Crippen LogP contribution < -0.4 is 10.6 Å². The molecule has 1 amide bonds. The van der Waals surface area contributed by atoms with Gasteiger partial charge in [0.2, 0.25) is 0 Å². The number of carbonyl (C=O) groups excluding carboxylic acids is 1. The van der Waals surface area contributed by atoms with E-state index in [0.29, 0.717) is 12.1 Å². The molecule has 0 aliphatic carbocycles. The second-order valence-corrected chi connectivity index (χ2v) is 4.14. The van der Waals surface area contributed by atoms with Crippen LogP contribution in [0.1, 0.15) is 29.3 Å². The Morgan fingerprint density at radius 2 is 2.32 bits per heavy atom. The molecule has 3 N–H and O–H groups in total. The van der Waals surface area contributed by atoms with Crippen LogP contribution in [0.25, 0.3) is 0 Å². The number of hydrogen-bond donors (Lipinski definition) is 3. The van der Waals surface area contributed by atoms with Crippen molar-refractivity contribution in [3.63, 3.8) is 0 Å². The maximum absolute atomic E-state index is 12.1. The number of nitrogens with one attached hydrogen (secondary N) is 3. The second kappa shape index (κ2) is 6.53. The van der Waals surface area contributed by atoms with Crippen LogP contribution in [0.5, 0.6) is 0 Å². The average molecular weight is 259 g/mol. The number of aromatic nitrogens is 3. The number of aromatic amines is 1. The molecule has 19 heavy (non-hydrogen) atoms. The van der Waals surface area contributed by atoms with Crippen molar-refractivity contribution < 1.29 is 4.79 Å². The fraction of sp³-hybridized carbons (Fsp3) is 0.308. The van der Waals surface area contributed by atoms with Gasteiger partial charge in [0.25, 0.3) is 5.91 Å². The SMILES string of the molecule is CCCNc1ccncc1C(=O)NCc1cn[nH]c1. The van der Waals surface area contributed by atoms with Crippen LogP contribution in [0.15, 0.2) is 30.9 Å². The van der Waals surface area contributed by atoms with Crippen LogP contribution in [0.3, 0.4) is 0 Å². The summed E-state index contributed by atoms with van der Waals surface area (Å²) in [5, 5.41) is 12.6. The molecule has 2 aromatic rings. The largest absolute Gasteiger partial charge is 0.384 e. The summed E-state index contributed by atoms with van der Waals surface area (Å²) in [6.45, 7) is 3.34. The highest BCUT2D eigenvalue weighted by molar-refractivity contribution is 5.99. The molecule has 0 atom stereocenters. The molecule has 0 saturated heterocycles. The Kier molecular flexibility index (Phi) is 4.49. The molecule has 0 aliphatic rings. The van der Waals surface area contributed by atoms with Gasteiger partial charge in [-0.2, -0.15) is 5.10 Å². The Hall–Kier alpha value is -2.37. The minimum atomic E-state index is -0.145. The summed E-state index contributed by atoms with van der Waals surface area (Å²) >= 11 is 0. The lowest BCUT2D eigenvalue weighted by molar-refractivity contribution is 0.0951. The standard InChI is InChI=1S/C13H17N5O/c1-2-4-15-12-3-5-14-9-11(12)13(19)16-6-10-7-17-18-8-10/h3,5,7-9H,2,4,6H2,1H3,(H,14,15)(H,16,19)(H,17,18). The Labute approximate surface area is 111 Å². The summed E-state index contributed by atoms with van der Waals surface area (Å²) in [5.41, 5.74) is 2.29. The minimum absolute atomic E-state index is 0.145. The van der Waals surface area contributed by atoms with Gasteiger partial charge in [-0.1, -0.05) is 6.92 Å². The fourth-order valence-electron chi connectivity index (χ4n) is 1.64. The van der Waals surface area contributed by atoms with Crippen molar-refractivity contribution in [1.82, 2.24) is 20.5 Å². The smallest absolute Gasteiger partial charge is 0.255 e. The maximum atomic E-state index is 12.1. The summed E-state index contributed by atoms with van der Waals surface area (Å²) in [4.78, 5) is 16.1. The first-order valence-electron chi connectivity index (χ1n) is 6.25. The number of hydrogen-bond acceptors (Lipinski definition) is 4. The summed E-state index contributed by atoms with van der Waals surface area (Å²) in [6, 6.07) is 1.81. The summed E-state index contributed by atoms with van der Waals surface area (Å²) in [7, 11) is 0. The van der Waals surface area contributed by atoms with Crippen LogP contribution >= 0.6 is 0 Å². The molecule has 0 aromatic carbocycles. The van der Waals surface area contributed by atoms with Gasteiger partial charge in [-0.25, -0.2) is 0 Å². The number of rotatable bonds is 6. The zero-order valence-corrected chi connectivity index (χ0v) is 10.8. The topological polar surface area (TPSA) is 82.7 Å². The molecule has 0 bridgehead atoms. The molecular weight excluding hydrogens is 242 g/mol.